The molecule has 0 bridgehead atoms. The highest BCUT2D eigenvalue weighted by molar-refractivity contribution is 6.31. The number of fused-ring (bicyclic) bond motifs is 1. The Hall–Kier alpha value is -1.77. The summed E-state index contributed by atoms with van der Waals surface area (Å²) in [5.74, 6) is -2.50. The van der Waals surface area contributed by atoms with Crippen molar-refractivity contribution in [2.75, 3.05) is 13.2 Å². The summed E-state index contributed by atoms with van der Waals surface area (Å²) in [6.07, 6.45) is 2.20. The highest BCUT2D eigenvalue weighted by atomic mass is 35.5. The molecule has 0 spiro atoms. The third-order valence-electron chi connectivity index (χ3n) is 7.84. The van der Waals surface area contributed by atoms with Gasteiger partial charge >= 0.3 is 5.97 Å². The molecule has 5 nitrogen and oxygen atoms in total. The lowest BCUT2D eigenvalue weighted by Gasteiger charge is -2.43. The molecule has 0 aliphatic carbocycles. The highest BCUT2D eigenvalue weighted by Gasteiger charge is 2.69. The van der Waals surface area contributed by atoms with E-state index in [-0.39, 0.29) is 27.1 Å². The second-order valence-electron chi connectivity index (χ2n) is 10.2. The summed E-state index contributed by atoms with van der Waals surface area (Å²) < 4.78 is 42.5. The lowest BCUT2D eigenvalue weighted by molar-refractivity contribution is -0.152. The van der Waals surface area contributed by atoms with E-state index in [9.17, 15) is 4.79 Å². The van der Waals surface area contributed by atoms with Gasteiger partial charge in [0.2, 0.25) is 0 Å². The van der Waals surface area contributed by atoms with E-state index in [4.69, 9.17) is 38.4 Å². The molecule has 35 heavy (non-hydrogen) atoms. The van der Waals surface area contributed by atoms with Gasteiger partial charge in [0.15, 0.2) is 5.72 Å². The van der Waals surface area contributed by atoms with Crippen LogP contribution in [-0.2, 0) is 19.8 Å². The van der Waals surface area contributed by atoms with Gasteiger partial charge in [-0.15, -0.1) is 0 Å². The molecule has 9 heteroatoms. The number of carbonyl (C=O) groups excluding carboxylic acids is 1. The maximum Gasteiger partial charge on any atom is 0.325 e. The molecular weight excluding hydrogens is 497 g/mol. The van der Waals surface area contributed by atoms with Crippen LogP contribution in [0.15, 0.2) is 36.4 Å². The molecule has 0 radical (unpaired) electrons. The van der Waals surface area contributed by atoms with Crippen LogP contribution in [-0.4, -0.2) is 41.9 Å². The molecular formula is C26H28Cl2F2N2O3. The Balaban J connectivity index is 1.76. The minimum Gasteiger partial charge on any atom is -0.443 e. The van der Waals surface area contributed by atoms with Crippen molar-refractivity contribution in [2.24, 2.45) is 11.7 Å². The van der Waals surface area contributed by atoms with E-state index in [1.54, 1.807) is 38.1 Å². The fourth-order valence-electron chi connectivity index (χ4n) is 6.35. The van der Waals surface area contributed by atoms with Crippen molar-refractivity contribution in [3.8, 4) is 0 Å². The maximum absolute atomic E-state index is 15.6. The minimum atomic E-state index is -1.47. The number of rotatable bonds is 4. The number of nitrogens with zero attached hydrogens (tertiary/aromatic N) is 1. The summed E-state index contributed by atoms with van der Waals surface area (Å²) in [5, 5.41) is 0.131. The third kappa shape index (κ3) is 3.96. The molecule has 3 aliphatic rings. The smallest absolute Gasteiger partial charge is 0.325 e. The van der Waals surface area contributed by atoms with Gasteiger partial charge in [0, 0.05) is 35.8 Å². The second kappa shape index (κ2) is 8.96. The maximum atomic E-state index is 15.6. The molecule has 4 atom stereocenters. The summed E-state index contributed by atoms with van der Waals surface area (Å²) in [4.78, 5) is 15.3. The highest BCUT2D eigenvalue weighted by Crippen LogP contribution is 2.57. The molecule has 0 amide bonds. The van der Waals surface area contributed by atoms with Crippen molar-refractivity contribution in [3.05, 3.63) is 69.2 Å². The zero-order valence-corrected chi connectivity index (χ0v) is 21.1. The van der Waals surface area contributed by atoms with E-state index in [0.29, 0.717) is 19.6 Å². The van der Waals surface area contributed by atoms with Crippen LogP contribution in [0.4, 0.5) is 8.78 Å². The molecule has 188 valence electrons. The Bertz CT molecular complexity index is 1160. The van der Waals surface area contributed by atoms with Crippen LogP contribution in [0.2, 0.25) is 10.0 Å². The number of carbonyl (C=O) groups is 1. The van der Waals surface area contributed by atoms with Gasteiger partial charge in [-0.1, -0.05) is 41.4 Å². The normalized spacial score (nSPS) is 30.9. The molecule has 3 saturated heterocycles. The van der Waals surface area contributed by atoms with Crippen molar-refractivity contribution in [1.82, 2.24) is 4.90 Å². The van der Waals surface area contributed by atoms with Gasteiger partial charge < -0.3 is 15.2 Å². The number of nitrogens with two attached hydrogens (primary N) is 1. The number of esters is 1. The summed E-state index contributed by atoms with van der Waals surface area (Å²) in [6, 6.07) is 7.48. The van der Waals surface area contributed by atoms with Crippen molar-refractivity contribution in [1.29, 1.82) is 0 Å². The second-order valence-corrected chi connectivity index (χ2v) is 11.0. The Kier molecular flexibility index (Phi) is 6.38. The average Bonchev–Trinajstić information content (AvgIpc) is 3.19. The fourth-order valence-corrected chi connectivity index (χ4v) is 6.70. The molecule has 3 fully saturated rings. The molecule has 2 aromatic carbocycles. The zero-order chi connectivity index (χ0) is 25.1. The third-order valence-corrected chi connectivity index (χ3v) is 8.37. The molecule has 0 unspecified atom stereocenters. The molecule has 0 saturated carbocycles. The van der Waals surface area contributed by atoms with Gasteiger partial charge in [0.05, 0.1) is 10.6 Å². The van der Waals surface area contributed by atoms with Crippen LogP contribution >= 0.6 is 23.2 Å². The van der Waals surface area contributed by atoms with Crippen LogP contribution < -0.4 is 5.73 Å². The van der Waals surface area contributed by atoms with Crippen molar-refractivity contribution in [3.63, 3.8) is 0 Å². The van der Waals surface area contributed by atoms with Crippen molar-refractivity contribution in [2.45, 2.75) is 62.4 Å². The van der Waals surface area contributed by atoms with Gasteiger partial charge in [0.25, 0.3) is 0 Å². The lowest BCUT2D eigenvalue weighted by Crippen LogP contribution is -2.56. The van der Waals surface area contributed by atoms with E-state index in [2.05, 4.69) is 0 Å². The van der Waals surface area contributed by atoms with Gasteiger partial charge in [-0.2, -0.15) is 0 Å². The van der Waals surface area contributed by atoms with E-state index in [1.165, 1.54) is 12.1 Å². The number of benzene rings is 2. The van der Waals surface area contributed by atoms with E-state index >= 15 is 8.78 Å². The number of ether oxygens (including phenoxy) is 2. The molecule has 5 rings (SSSR count). The standard InChI is InChI=1S/C26H28Cl2F2N2O3/c1-25(2)32-20(12-14-8-10-34-11-9-14)26(31,17-7-6-15(27)13-19(17)29)21(23(32)24(33)35-25)16-4-3-5-18(28)22(16)30/h3-7,13-14,20-21,23H,8-12,31H2,1-2H3/t20-,21-,23+,26+/m0/s1. The first kappa shape index (κ1) is 24.9. The molecule has 3 heterocycles. The molecule has 2 N–H and O–H groups in total. The lowest BCUT2D eigenvalue weighted by atomic mass is 9.69. The Labute approximate surface area is 213 Å². The van der Waals surface area contributed by atoms with Crippen LogP contribution in [0.1, 0.15) is 50.2 Å². The zero-order valence-electron chi connectivity index (χ0n) is 19.6. The molecule has 2 aromatic rings. The summed E-state index contributed by atoms with van der Waals surface area (Å²) in [5.41, 5.74) is 5.14. The quantitative estimate of drug-likeness (QED) is 0.544. The largest absolute Gasteiger partial charge is 0.443 e. The van der Waals surface area contributed by atoms with Gasteiger partial charge in [-0.3, -0.25) is 4.79 Å². The van der Waals surface area contributed by atoms with Gasteiger partial charge in [-0.05, 0) is 62.8 Å². The van der Waals surface area contributed by atoms with Crippen LogP contribution in [0, 0.1) is 17.6 Å². The van der Waals surface area contributed by atoms with Crippen molar-refractivity contribution < 1.29 is 23.0 Å². The van der Waals surface area contributed by atoms with Crippen LogP contribution in [0.25, 0.3) is 0 Å². The molecule has 3 aliphatic heterocycles. The Morgan fingerprint density at radius 3 is 2.54 bits per heavy atom. The first-order valence-corrected chi connectivity index (χ1v) is 12.6. The number of hydrogen-bond acceptors (Lipinski definition) is 5. The number of halogens is 4. The SMILES string of the molecule is CC1(C)OC(=O)[C@H]2[C@H](c3cccc(Cl)c3F)[C@@](N)(c3ccc(Cl)cc3F)[C@H](CC3CCOCC3)N21. The number of hydrogen-bond donors (Lipinski definition) is 1. The van der Waals surface area contributed by atoms with E-state index < -0.39 is 46.9 Å². The van der Waals surface area contributed by atoms with E-state index in [0.717, 1.165) is 12.8 Å². The summed E-state index contributed by atoms with van der Waals surface area (Å²) in [7, 11) is 0. The summed E-state index contributed by atoms with van der Waals surface area (Å²) >= 11 is 12.2. The average molecular weight is 525 g/mol. The fraction of sp³-hybridized carbons (Fsp3) is 0.500. The summed E-state index contributed by atoms with van der Waals surface area (Å²) in [6.45, 7) is 4.83. The predicted molar refractivity (Wildman–Crippen MR) is 129 cm³/mol. The minimum absolute atomic E-state index is 0.0912. The molecule has 0 aromatic heterocycles. The monoisotopic (exact) mass is 524 g/mol. The number of cyclic esters (lactones) is 1. The van der Waals surface area contributed by atoms with E-state index in [1.807, 2.05) is 4.90 Å². The Morgan fingerprint density at radius 1 is 1.14 bits per heavy atom. The van der Waals surface area contributed by atoms with Crippen LogP contribution in [0.5, 0.6) is 0 Å². The van der Waals surface area contributed by atoms with Crippen molar-refractivity contribution >= 4 is 29.2 Å². The first-order chi connectivity index (χ1) is 16.6. The van der Waals surface area contributed by atoms with Crippen LogP contribution in [0.3, 0.4) is 0 Å². The predicted octanol–water partition coefficient (Wildman–Crippen LogP) is 5.37. The first-order valence-electron chi connectivity index (χ1n) is 11.8. The Morgan fingerprint density at radius 2 is 1.86 bits per heavy atom. The van der Waals surface area contributed by atoms with Gasteiger partial charge in [-0.25, -0.2) is 13.7 Å². The topological polar surface area (TPSA) is 64.8 Å². The van der Waals surface area contributed by atoms with Gasteiger partial charge in [0.1, 0.15) is 17.7 Å².